The van der Waals surface area contributed by atoms with Crippen molar-refractivity contribution in [2.24, 2.45) is 0 Å². The van der Waals surface area contributed by atoms with Crippen LogP contribution < -0.4 is 10.0 Å². The molecule has 1 heterocycles. The average molecular weight is 425 g/mol. The van der Waals surface area contributed by atoms with Crippen molar-refractivity contribution < 1.29 is 31.5 Å². The third-order valence-corrected chi connectivity index (χ3v) is 5.46. The van der Waals surface area contributed by atoms with Gasteiger partial charge >= 0.3 is 12.1 Å². The summed E-state index contributed by atoms with van der Waals surface area (Å²) < 4.78 is 59.1. The van der Waals surface area contributed by atoms with Gasteiger partial charge in [-0.25, -0.2) is 17.9 Å². The number of nitrogens with one attached hydrogen (secondary N) is 2. The lowest BCUT2D eigenvalue weighted by Gasteiger charge is -2.12. The predicted octanol–water partition coefficient (Wildman–Crippen LogP) is 2.77. The van der Waals surface area contributed by atoms with E-state index in [1.807, 2.05) is 12.1 Å². The van der Waals surface area contributed by atoms with E-state index in [2.05, 4.69) is 10.0 Å². The maximum absolute atomic E-state index is 12.3. The van der Waals surface area contributed by atoms with Crippen molar-refractivity contribution in [1.29, 1.82) is 0 Å². The molecule has 1 aliphatic heterocycles. The Morgan fingerprint density at radius 3 is 2.33 bits per heavy atom. The van der Waals surface area contributed by atoms with Crippen molar-refractivity contribution in [2.75, 3.05) is 13.1 Å². The lowest BCUT2D eigenvalue weighted by Crippen LogP contribution is -2.36. The second-order valence-electron chi connectivity index (χ2n) is 5.77. The van der Waals surface area contributed by atoms with Crippen molar-refractivity contribution in [3.8, 4) is 0 Å². The molecular formula is C16H16ClF3N2O4S. The summed E-state index contributed by atoms with van der Waals surface area (Å²) in [7, 11) is -3.47. The first-order chi connectivity index (χ1) is 12.5. The fourth-order valence-electron chi connectivity index (χ4n) is 2.40. The predicted molar refractivity (Wildman–Crippen MR) is 94.2 cm³/mol. The molecule has 0 unspecified atom stereocenters. The van der Waals surface area contributed by atoms with Gasteiger partial charge in [-0.2, -0.15) is 13.2 Å². The Morgan fingerprint density at radius 1 is 1.19 bits per heavy atom. The summed E-state index contributed by atoms with van der Waals surface area (Å²) in [6.07, 6.45) is -4.26. The van der Waals surface area contributed by atoms with Gasteiger partial charge < -0.3 is 10.4 Å². The SMILES string of the molecule is O=C(O)C(F)(F)F.O=S(=O)(N[C@H]1CCNC1)c1ccc2cc(Cl)ccc2c1. The van der Waals surface area contributed by atoms with Crippen LogP contribution in [0.15, 0.2) is 41.3 Å². The van der Waals surface area contributed by atoms with Gasteiger partial charge in [-0.15, -0.1) is 0 Å². The van der Waals surface area contributed by atoms with Crippen molar-refractivity contribution in [1.82, 2.24) is 10.0 Å². The molecule has 0 aromatic heterocycles. The summed E-state index contributed by atoms with van der Waals surface area (Å²) in [4.78, 5) is 9.19. The number of alkyl halides is 3. The van der Waals surface area contributed by atoms with Crippen LogP contribution in [-0.2, 0) is 14.8 Å². The van der Waals surface area contributed by atoms with E-state index in [1.54, 1.807) is 24.3 Å². The number of hydrogen-bond acceptors (Lipinski definition) is 4. The third-order valence-electron chi connectivity index (χ3n) is 3.71. The van der Waals surface area contributed by atoms with Crippen molar-refractivity contribution in [2.45, 2.75) is 23.5 Å². The molecule has 2 aromatic carbocycles. The van der Waals surface area contributed by atoms with Crippen LogP contribution in [0.25, 0.3) is 10.8 Å². The number of aliphatic carboxylic acids is 1. The average Bonchev–Trinajstić information content (AvgIpc) is 3.06. The molecule has 6 nitrogen and oxygen atoms in total. The number of hydrogen-bond donors (Lipinski definition) is 3. The topological polar surface area (TPSA) is 95.5 Å². The van der Waals surface area contributed by atoms with E-state index in [-0.39, 0.29) is 6.04 Å². The first kappa shape index (κ1) is 21.4. The van der Waals surface area contributed by atoms with E-state index in [4.69, 9.17) is 21.5 Å². The molecule has 1 saturated heterocycles. The van der Waals surface area contributed by atoms with Gasteiger partial charge in [0, 0.05) is 17.6 Å². The molecule has 0 spiro atoms. The van der Waals surface area contributed by atoms with Crippen LogP contribution in [0.2, 0.25) is 5.02 Å². The van der Waals surface area contributed by atoms with Crippen molar-refractivity contribution >= 4 is 38.4 Å². The minimum Gasteiger partial charge on any atom is -0.475 e. The Bertz CT molecular complexity index is 929. The number of carbonyl (C=O) groups is 1. The normalized spacial score (nSPS) is 17.4. The standard InChI is InChI=1S/C14H15ClN2O2S.C2HF3O2/c15-12-3-1-11-8-14(4-2-10(11)7-12)20(18,19)17-13-5-6-16-9-13;3-2(4,5)1(6)7/h1-4,7-8,13,16-17H,5-6,9H2;(H,6,7)/t13-;/m0./s1. The Kier molecular flexibility index (Phi) is 6.68. The van der Waals surface area contributed by atoms with Gasteiger partial charge in [0.2, 0.25) is 10.0 Å². The van der Waals surface area contributed by atoms with E-state index in [1.165, 1.54) is 0 Å². The Labute approximate surface area is 158 Å². The molecule has 0 amide bonds. The Hall–Kier alpha value is -1.88. The van der Waals surface area contributed by atoms with Gasteiger partial charge in [0.25, 0.3) is 0 Å². The minimum absolute atomic E-state index is 0.0269. The highest BCUT2D eigenvalue weighted by atomic mass is 35.5. The summed E-state index contributed by atoms with van der Waals surface area (Å²) in [6.45, 7) is 1.53. The highest BCUT2D eigenvalue weighted by Gasteiger charge is 2.38. The van der Waals surface area contributed by atoms with Gasteiger partial charge in [-0.05, 0) is 48.0 Å². The molecule has 1 atom stereocenters. The lowest BCUT2D eigenvalue weighted by molar-refractivity contribution is -0.192. The summed E-state index contributed by atoms with van der Waals surface area (Å²) in [6, 6.07) is 10.5. The van der Waals surface area contributed by atoms with E-state index in [0.717, 1.165) is 23.7 Å². The van der Waals surface area contributed by atoms with Gasteiger partial charge in [0.1, 0.15) is 0 Å². The fraction of sp³-hybridized carbons (Fsp3) is 0.312. The number of sulfonamides is 1. The summed E-state index contributed by atoms with van der Waals surface area (Å²) in [5.74, 6) is -2.76. The smallest absolute Gasteiger partial charge is 0.475 e. The quantitative estimate of drug-likeness (QED) is 0.704. The summed E-state index contributed by atoms with van der Waals surface area (Å²) >= 11 is 5.92. The zero-order chi connectivity index (χ0) is 20.2. The zero-order valence-corrected chi connectivity index (χ0v) is 15.3. The van der Waals surface area contributed by atoms with Gasteiger partial charge in [0.05, 0.1) is 4.90 Å². The maximum atomic E-state index is 12.3. The maximum Gasteiger partial charge on any atom is 0.490 e. The van der Waals surface area contributed by atoms with Crippen molar-refractivity contribution in [3.05, 3.63) is 41.4 Å². The summed E-state index contributed by atoms with van der Waals surface area (Å²) in [5.41, 5.74) is 0. The monoisotopic (exact) mass is 424 g/mol. The van der Waals surface area contributed by atoms with Gasteiger partial charge in [-0.1, -0.05) is 23.7 Å². The molecule has 27 heavy (non-hydrogen) atoms. The molecule has 1 aliphatic rings. The van der Waals surface area contributed by atoms with E-state index in [0.29, 0.717) is 16.5 Å². The first-order valence-corrected chi connectivity index (χ1v) is 9.57. The van der Waals surface area contributed by atoms with Crippen LogP contribution in [-0.4, -0.2) is 44.8 Å². The van der Waals surface area contributed by atoms with E-state index < -0.39 is 22.2 Å². The molecule has 2 aromatic rings. The van der Waals surface area contributed by atoms with Crippen LogP contribution >= 0.6 is 11.6 Å². The number of carboxylic acids is 1. The van der Waals surface area contributed by atoms with Crippen LogP contribution in [0, 0.1) is 0 Å². The van der Waals surface area contributed by atoms with Gasteiger partial charge in [-0.3, -0.25) is 0 Å². The van der Waals surface area contributed by atoms with Crippen LogP contribution in [0.1, 0.15) is 6.42 Å². The molecule has 3 rings (SSSR count). The molecule has 11 heteroatoms. The molecule has 0 bridgehead atoms. The van der Waals surface area contributed by atoms with Crippen LogP contribution in [0.5, 0.6) is 0 Å². The number of benzene rings is 2. The van der Waals surface area contributed by atoms with Crippen LogP contribution in [0.4, 0.5) is 13.2 Å². The third kappa shape index (κ3) is 6.06. The molecule has 1 fully saturated rings. The first-order valence-electron chi connectivity index (χ1n) is 7.71. The van der Waals surface area contributed by atoms with Crippen LogP contribution in [0.3, 0.4) is 0 Å². The lowest BCUT2D eigenvalue weighted by atomic mass is 10.1. The number of halogens is 4. The summed E-state index contributed by atoms with van der Waals surface area (Å²) in [5, 5.41) is 12.7. The fourth-order valence-corrected chi connectivity index (χ4v) is 3.89. The van der Waals surface area contributed by atoms with Gasteiger partial charge in [0.15, 0.2) is 0 Å². The molecule has 0 radical (unpaired) electrons. The minimum atomic E-state index is -5.08. The second kappa shape index (κ2) is 8.42. The highest BCUT2D eigenvalue weighted by Crippen LogP contribution is 2.23. The molecule has 3 N–H and O–H groups in total. The number of fused-ring (bicyclic) bond motifs is 1. The molecule has 0 aliphatic carbocycles. The highest BCUT2D eigenvalue weighted by molar-refractivity contribution is 7.89. The van der Waals surface area contributed by atoms with E-state index >= 15 is 0 Å². The Morgan fingerprint density at radius 2 is 1.78 bits per heavy atom. The number of carboxylic acid groups (broad SMARTS) is 1. The largest absolute Gasteiger partial charge is 0.490 e. The zero-order valence-electron chi connectivity index (χ0n) is 13.8. The molecular weight excluding hydrogens is 409 g/mol. The molecule has 148 valence electrons. The molecule has 0 saturated carbocycles. The van der Waals surface area contributed by atoms with Crippen molar-refractivity contribution in [3.63, 3.8) is 0 Å². The van der Waals surface area contributed by atoms with E-state index in [9.17, 15) is 21.6 Å². The second-order valence-corrected chi connectivity index (χ2v) is 7.92. The number of rotatable bonds is 3. The Balaban J connectivity index is 0.000000321.